The van der Waals surface area contributed by atoms with Crippen LogP contribution in [0.1, 0.15) is 80.7 Å². The number of nitrogens with zero attached hydrogens (tertiary/aromatic N) is 2. The number of rotatable bonds is 11. The molecule has 2 aromatic rings. The van der Waals surface area contributed by atoms with Crippen molar-refractivity contribution < 1.29 is 14.0 Å². The maximum absolute atomic E-state index is 13.6. The number of thiophene rings is 1. The van der Waals surface area contributed by atoms with E-state index in [1.54, 1.807) is 23.5 Å². The average Bonchev–Trinajstić information content (AvgIpc) is 3.23. The zero-order chi connectivity index (χ0) is 23.6. The minimum absolute atomic E-state index is 0.0402. The molecule has 0 spiro atoms. The fourth-order valence-electron chi connectivity index (χ4n) is 4.51. The van der Waals surface area contributed by atoms with E-state index in [9.17, 15) is 14.0 Å². The normalized spacial score (nSPS) is 14.3. The van der Waals surface area contributed by atoms with Crippen LogP contribution in [0.25, 0.3) is 0 Å². The molecule has 0 N–H and O–H groups in total. The van der Waals surface area contributed by atoms with Crippen LogP contribution >= 0.6 is 11.3 Å². The number of amides is 2. The molecular weight excluding hydrogens is 435 g/mol. The minimum atomic E-state index is -0.285. The average molecular weight is 473 g/mol. The largest absolute Gasteiger partial charge is 0.332 e. The van der Waals surface area contributed by atoms with E-state index in [4.69, 9.17) is 0 Å². The highest BCUT2D eigenvalue weighted by molar-refractivity contribution is 7.10. The van der Waals surface area contributed by atoms with Gasteiger partial charge < -0.3 is 9.80 Å². The smallest absolute Gasteiger partial charge is 0.242 e. The van der Waals surface area contributed by atoms with Crippen molar-refractivity contribution >= 4 is 23.2 Å². The quantitative estimate of drug-likeness (QED) is 0.352. The lowest BCUT2D eigenvalue weighted by Gasteiger charge is -2.35. The van der Waals surface area contributed by atoms with E-state index in [-0.39, 0.29) is 30.2 Å². The molecule has 33 heavy (non-hydrogen) atoms. The first-order valence-electron chi connectivity index (χ1n) is 12.3. The topological polar surface area (TPSA) is 40.6 Å². The molecule has 1 aliphatic carbocycles. The standard InChI is InChI=1S/C27H37FN2O2S/c1-3-4-6-11-26(31)30(24-9-7-5-8-10-24)20-27(32)29(19-25-21(2)16-17-33-25)18-22-12-14-23(28)15-13-22/h12-17,24H,3-11,18-20H2,1-2H3. The first kappa shape index (κ1) is 25.4. The number of benzene rings is 1. The van der Waals surface area contributed by atoms with E-state index < -0.39 is 0 Å². The summed E-state index contributed by atoms with van der Waals surface area (Å²) >= 11 is 1.64. The van der Waals surface area contributed by atoms with Crippen LogP contribution in [0.2, 0.25) is 0 Å². The highest BCUT2D eigenvalue weighted by Gasteiger charge is 2.29. The molecule has 4 nitrogen and oxygen atoms in total. The third-order valence-corrected chi connectivity index (χ3v) is 7.59. The molecule has 0 unspecified atom stereocenters. The van der Waals surface area contributed by atoms with Crippen LogP contribution in [0.4, 0.5) is 4.39 Å². The molecule has 0 bridgehead atoms. The Morgan fingerprint density at radius 2 is 1.73 bits per heavy atom. The second-order valence-corrected chi connectivity index (χ2v) is 10.2. The Kier molecular flexibility index (Phi) is 9.92. The molecular formula is C27H37FN2O2S. The lowest BCUT2D eigenvalue weighted by molar-refractivity contribution is -0.143. The summed E-state index contributed by atoms with van der Waals surface area (Å²) in [6, 6.07) is 8.54. The van der Waals surface area contributed by atoms with Gasteiger partial charge in [0.05, 0.1) is 6.54 Å². The molecule has 1 aliphatic rings. The van der Waals surface area contributed by atoms with Crippen molar-refractivity contribution in [1.82, 2.24) is 9.80 Å². The maximum Gasteiger partial charge on any atom is 0.242 e. The first-order chi connectivity index (χ1) is 16.0. The van der Waals surface area contributed by atoms with Crippen LogP contribution < -0.4 is 0 Å². The molecule has 1 fully saturated rings. The van der Waals surface area contributed by atoms with Crippen molar-refractivity contribution in [1.29, 1.82) is 0 Å². The highest BCUT2D eigenvalue weighted by atomic mass is 32.1. The van der Waals surface area contributed by atoms with Crippen LogP contribution in [0.3, 0.4) is 0 Å². The lowest BCUT2D eigenvalue weighted by Crippen LogP contribution is -2.47. The molecule has 0 aliphatic heterocycles. The third kappa shape index (κ3) is 7.66. The van der Waals surface area contributed by atoms with E-state index in [0.717, 1.165) is 60.9 Å². The number of carbonyl (C=O) groups excluding carboxylic acids is 2. The molecule has 3 rings (SSSR count). The monoisotopic (exact) mass is 472 g/mol. The minimum Gasteiger partial charge on any atom is -0.332 e. The summed E-state index contributed by atoms with van der Waals surface area (Å²) in [7, 11) is 0. The maximum atomic E-state index is 13.6. The predicted molar refractivity (Wildman–Crippen MR) is 132 cm³/mol. The van der Waals surface area contributed by atoms with Crippen molar-refractivity contribution in [3.05, 3.63) is 57.5 Å². The van der Waals surface area contributed by atoms with Gasteiger partial charge in [0.2, 0.25) is 11.8 Å². The number of hydrogen-bond acceptors (Lipinski definition) is 3. The van der Waals surface area contributed by atoms with E-state index in [2.05, 4.69) is 19.9 Å². The molecule has 1 saturated carbocycles. The van der Waals surface area contributed by atoms with Gasteiger partial charge in [0, 0.05) is 23.9 Å². The second kappa shape index (κ2) is 12.9. The highest BCUT2D eigenvalue weighted by Crippen LogP contribution is 2.25. The number of halogens is 1. The van der Waals surface area contributed by atoms with Crippen LogP contribution in [-0.2, 0) is 22.7 Å². The summed E-state index contributed by atoms with van der Waals surface area (Å²) in [5.74, 6) is -0.217. The summed E-state index contributed by atoms with van der Waals surface area (Å²) in [6.07, 6.45) is 8.89. The number of unbranched alkanes of at least 4 members (excludes halogenated alkanes) is 2. The Hall–Kier alpha value is -2.21. The van der Waals surface area contributed by atoms with Crippen molar-refractivity contribution in [3.63, 3.8) is 0 Å². The molecule has 1 heterocycles. The van der Waals surface area contributed by atoms with Crippen LogP contribution in [0, 0.1) is 12.7 Å². The van der Waals surface area contributed by atoms with E-state index in [1.807, 2.05) is 15.2 Å². The van der Waals surface area contributed by atoms with Gasteiger partial charge in [-0.05, 0) is 60.9 Å². The fraction of sp³-hybridized carbons (Fsp3) is 0.556. The van der Waals surface area contributed by atoms with Crippen molar-refractivity contribution in [2.24, 2.45) is 0 Å². The summed E-state index contributed by atoms with van der Waals surface area (Å²) < 4.78 is 13.4. The Morgan fingerprint density at radius 1 is 1.00 bits per heavy atom. The van der Waals surface area contributed by atoms with Crippen LogP contribution in [-0.4, -0.2) is 34.2 Å². The van der Waals surface area contributed by atoms with Gasteiger partial charge in [-0.15, -0.1) is 11.3 Å². The Morgan fingerprint density at radius 3 is 2.36 bits per heavy atom. The third-order valence-electron chi connectivity index (χ3n) is 6.58. The van der Waals surface area contributed by atoms with Gasteiger partial charge in [-0.3, -0.25) is 9.59 Å². The molecule has 0 radical (unpaired) electrons. The molecule has 1 aromatic carbocycles. The van der Waals surface area contributed by atoms with E-state index >= 15 is 0 Å². The summed E-state index contributed by atoms with van der Waals surface area (Å²) in [6.45, 7) is 5.22. The number of aryl methyl sites for hydroxylation is 1. The number of hydrogen-bond donors (Lipinski definition) is 0. The first-order valence-corrected chi connectivity index (χ1v) is 13.2. The van der Waals surface area contributed by atoms with Gasteiger partial charge in [0.1, 0.15) is 12.4 Å². The second-order valence-electron chi connectivity index (χ2n) is 9.17. The van der Waals surface area contributed by atoms with Crippen LogP contribution in [0.5, 0.6) is 0 Å². The molecule has 1 aromatic heterocycles. The van der Waals surface area contributed by atoms with Gasteiger partial charge in [0.25, 0.3) is 0 Å². The molecule has 6 heteroatoms. The Labute approximate surface area is 201 Å². The predicted octanol–water partition coefficient (Wildman–Crippen LogP) is 6.47. The Balaban J connectivity index is 1.77. The summed E-state index contributed by atoms with van der Waals surface area (Å²) in [5, 5.41) is 2.04. The fourth-order valence-corrected chi connectivity index (χ4v) is 5.43. The van der Waals surface area contributed by atoms with Gasteiger partial charge >= 0.3 is 0 Å². The SMILES string of the molecule is CCCCCC(=O)N(CC(=O)N(Cc1ccc(F)cc1)Cc1sccc1C)C1CCCCC1. The molecule has 2 amide bonds. The number of carbonyl (C=O) groups is 2. The van der Waals surface area contributed by atoms with Gasteiger partial charge in [-0.1, -0.05) is 51.2 Å². The zero-order valence-corrected chi connectivity index (χ0v) is 20.8. The zero-order valence-electron chi connectivity index (χ0n) is 20.0. The molecule has 0 atom stereocenters. The van der Waals surface area contributed by atoms with E-state index in [1.165, 1.54) is 18.6 Å². The molecule has 0 saturated heterocycles. The summed E-state index contributed by atoms with van der Waals surface area (Å²) in [5.41, 5.74) is 2.05. The van der Waals surface area contributed by atoms with Gasteiger partial charge in [0.15, 0.2) is 0 Å². The van der Waals surface area contributed by atoms with Gasteiger partial charge in [-0.25, -0.2) is 4.39 Å². The molecule has 180 valence electrons. The van der Waals surface area contributed by atoms with Crippen LogP contribution in [0.15, 0.2) is 35.7 Å². The van der Waals surface area contributed by atoms with Gasteiger partial charge in [-0.2, -0.15) is 0 Å². The van der Waals surface area contributed by atoms with Crippen molar-refractivity contribution in [3.8, 4) is 0 Å². The lowest BCUT2D eigenvalue weighted by atomic mass is 9.93. The summed E-state index contributed by atoms with van der Waals surface area (Å²) in [4.78, 5) is 31.6. The van der Waals surface area contributed by atoms with E-state index in [0.29, 0.717) is 19.5 Å². The Bertz CT molecular complexity index is 890. The van der Waals surface area contributed by atoms with Crippen molar-refractivity contribution in [2.75, 3.05) is 6.54 Å². The van der Waals surface area contributed by atoms with Crippen molar-refractivity contribution in [2.45, 2.75) is 90.8 Å².